The Hall–Kier alpha value is -2.25. The lowest BCUT2D eigenvalue weighted by molar-refractivity contribution is -0.119. The van der Waals surface area contributed by atoms with E-state index in [2.05, 4.69) is 5.32 Å². The van der Waals surface area contributed by atoms with Crippen LogP contribution in [0.4, 0.5) is 9.39 Å². The molecule has 0 radical (unpaired) electrons. The second kappa shape index (κ2) is 7.34. The number of carbonyl (C=O) groups excluding carboxylic acids is 2. The summed E-state index contributed by atoms with van der Waals surface area (Å²) in [5, 5.41) is 3.03. The number of esters is 1. The maximum atomic E-state index is 13.1. The van der Waals surface area contributed by atoms with Crippen LogP contribution in [-0.2, 0) is 14.3 Å². The molecular weight excluding hydrogens is 321 g/mol. The van der Waals surface area contributed by atoms with Gasteiger partial charge in [0.2, 0.25) is 0 Å². The molecule has 7 heteroatoms. The van der Waals surface area contributed by atoms with Crippen LogP contribution < -0.4 is 5.32 Å². The van der Waals surface area contributed by atoms with Gasteiger partial charge in [-0.3, -0.25) is 4.79 Å². The van der Waals surface area contributed by atoms with Crippen LogP contribution in [-0.4, -0.2) is 32.7 Å². The van der Waals surface area contributed by atoms with Crippen LogP contribution in [0.5, 0.6) is 0 Å². The van der Waals surface area contributed by atoms with E-state index in [-0.39, 0.29) is 23.9 Å². The number of thiophene rings is 1. The maximum absolute atomic E-state index is 13.1. The molecule has 0 atom stereocenters. The van der Waals surface area contributed by atoms with Gasteiger partial charge >= 0.3 is 5.97 Å². The Morgan fingerprint density at radius 2 is 1.87 bits per heavy atom. The molecule has 1 heterocycles. The molecule has 0 aliphatic carbocycles. The number of carbonyl (C=O) groups is 2. The third-order valence-electron chi connectivity index (χ3n) is 3.14. The van der Waals surface area contributed by atoms with Gasteiger partial charge < -0.3 is 14.8 Å². The van der Waals surface area contributed by atoms with Crippen LogP contribution in [0.15, 0.2) is 24.3 Å². The van der Waals surface area contributed by atoms with E-state index in [1.807, 2.05) is 6.92 Å². The number of nitrogens with one attached hydrogen (secondary N) is 1. The predicted octanol–water partition coefficient (Wildman–Crippen LogP) is 3.23. The van der Waals surface area contributed by atoms with Crippen molar-refractivity contribution in [2.24, 2.45) is 0 Å². The molecule has 122 valence electrons. The number of benzene rings is 1. The van der Waals surface area contributed by atoms with Crippen molar-refractivity contribution in [3.63, 3.8) is 0 Å². The lowest BCUT2D eigenvalue weighted by atomic mass is 10.0. The van der Waals surface area contributed by atoms with E-state index in [1.165, 1.54) is 37.7 Å². The number of rotatable bonds is 5. The largest absolute Gasteiger partial charge is 0.465 e. The first-order valence-electron chi connectivity index (χ1n) is 6.74. The number of amides is 1. The van der Waals surface area contributed by atoms with Gasteiger partial charge in [0.05, 0.1) is 7.11 Å². The summed E-state index contributed by atoms with van der Waals surface area (Å²) in [6.45, 7) is 1.70. The summed E-state index contributed by atoms with van der Waals surface area (Å²) in [6.07, 6.45) is 0. The van der Waals surface area contributed by atoms with Crippen LogP contribution >= 0.6 is 11.3 Å². The molecule has 0 saturated heterocycles. The van der Waals surface area contributed by atoms with E-state index in [0.29, 0.717) is 16.1 Å². The molecule has 0 fully saturated rings. The first-order valence-corrected chi connectivity index (χ1v) is 7.56. The Morgan fingerprint density at radius 1 is 1.22 bits per heavy atom. The van der Waals surface area contributed by atoms with Gasteiger partial charge in [0, 0.05) is 17.6 Å². The Morgan fingerprint density at radius 3 is 2.43 bits per heavy atom. The summed E-state index contributed by atoms with van der Waals surface area (Å²) in [5.74, 6) is -1.30. The molecule has 2 rings (SSSR count). The van der Waals surface area contributed by atoms with Gasteiger partial charge in [0.25, 0.3) is 5.91 Å². The average Bonchev–Trinajstić information content (AvgIpc) is 2.83. The SMILES string of the molecule is COCC(=O)Nc1sc(C)c(-c2ccc(F)cc2)c1C(=O)OC. The van der Waals surface area contributed by atoms with Crippen LogP contribution in [0.2, 0.25) is 0 Å². The van der Waals surface area contributed by atoms with Gasteiger partial charge in [-0.2, -0.15) is 0 Å². The monoisotopic (exact) mass is 337 g/mol. The molecule has 5 nitrogen and oxygen atoms in total. The highest BCUT2D eigenvalue weighted by Crippen LogP contribution is 2.40. The van der Waals surface area contributed by atoms with Crippen molar-refractivity contribution in [2.75, 3.05) is 26.1 Å². The van der Waals surface area contributed by atoms with Gasteiger partial charge in [0.1, 0.15) is 23.0 Å². The van der Waals surface area contributed by atoms with E-state index in [9.17, 15) is 14.0 Å². The highest BCUT2D eigenvalue weighted by Gasteiger charge is 2.25. The van der Waals surface area contributed by atoms with E-state index >= 15 is 0 Å². The minimum Gasteiger partial charge on any atom is -0.465 e. The summed E-state index contributed by atoms with van der Waals surface area (Å²) >= 11 is 1.26. The number of halogens is 1. The van der Waals surface area contributed by atoms with Crippen molar-refractivity contribution < 1.29 is 23.5 Å². The summed E-state index contributed by atoms with van der Waals surface area (Å²) < 4.78 is 22.7. The quantitative estimate of drug-likeness (QED) is 0.851. The summed E-state index contributed by atoms with van der Waals surface area (Å²) in [7, 11) is 2.68. The molecule has 0 aliphatic rings. The summed E-state index contributed by atoms with van der Waals surface area (Å²) in [4.78, 5) is 24.7. The normalized spacial score (nSPS) is 10.4. The summed E-state index contributed by atoms with van der Waals surface area (Å²) in [6, 6.07) is 5.79. The molecule has 1 N–H and O–H groups in total. The fourth-order valence-electron chi connectivity index (χ4n) is 2.19. The van der Waals surface area contributed by atoms with Gasteiger partial charge in [-0.05, 0) is 24.6 Å². The van der Waals surface area contributed by atoms with Crippen molar-refractivity contribution in [3.8, 4) is 11.1 Å². The average molecular weight is 337 g/mol. The molecule has 1 amide bonds. The van der Waals surface area contributed by atoms with E-state index < -0.39 is 5.97 Å². The van der Waals surface area contributed by atoms with Crippen LogP contribution in [0.1, 0.15) is 15.2 Å². The lowest BCUT2D eigenvalue weighted by Gasteiger charge is -2.08. The fraction of sp³-hybridized carbons (Fsp3) is 0.250. The fourth-order valence-corrected chi connectivity index (χ4v) is 3.27. The maximum Gasteiger partial charge on any atom is 0.341 e. The molecule has 0 aliphatic heterocycles. The van der Waals surface area contributed by atoms with E-state index in [4.69, 9.17) is 9.47 Å². The smallest absolute Gasteiger partial charge is 0.341 e. The number of anilines is 1. The van der Waals surface area contributed by atoms with Crippen molar-refractivity contribution in [2.45, 2.75) is 6.92 Å². The Labute approximate surface area is 137 Å². The predicted molar refractivity (Wildman–Crippen MR) is 86.3 cm³/mol. The third-order valence-corrected chi connectivity index (χ3v) is 4.16. The van der Waals surface area contributed by atoms with Gasteiger partial charge in [-0.15, -0.1) is 11.3 Å². The second-order valence-electron chi connectivity index (χ2n) is 4.72. The highest BCUT2D eigenvalue weighted by atomic mass is 32.1. The van der Waals surface area contributed by atoms with Crippen molar-refractivity contribution in [3.05, 3.63) is 40.5 Å². The molecule has 1 aromatic heterocycles. The zero-order valence-electron chi connectivity index (χ0n) is 12.9. The van der Waals surface area contributed by atoms with E-state index in [1.54, 1.807) is 12.1 Å². The number of methoxy groups -OCH3 is 2. The standard InChI is InChI=1S/C16H16FNO4S/c1-9-13(10-4-6-11(17)7-5-10)14(16(20)22-3)15(23-9)18-12(19)8-21-2/h4-7H,8H2,1-3H3,(H,18,19). The molecule has 1 aromatic carbocycles. The minimum atomic E-state index is -0.568. The first kappa shape index (κ1) is 17.1. The zero-order valence-corrected chi connectivity index (χ0v) is 13.8. The first-order chi connectivity index (χ1) is 11.0. The lowest BCUT2D eigenvalue weighted by Crippen LogP contribution is -2.18. The topological polar surface area (TPSA) is 64.6 Å². The molecule has 0 bridgehead atoms. The number of hydrogen-bond donors (Lipinski definition) is 1. The Balaban J connectivity index is 2.53. The van der Waals surface area contributed by atoms with Crippen LogP contribution in [0, 0.1) is 12.7 Å². The number of aryl methyl sites for hydroxylation is 1. The number of ether oxygens (including phenoxy) is 2. The highest BCUT2D eigenvalue weighted by molar-refractivity contribution is 7.17. The van der Waals surface area contributed by atoms with Crippen LogP contribution in [0.3, 0.4) is 0 Å². The molecule has 2 aromatic rings. The molecule has 0 unspecified atom stereocenters. The molecule has 0 spiro atoms. The van der Waals surface area contributed by atoms with Crippen molar-refractivity contribution in [1.82, 2.24) is 0 Å². The summed E-state index contributed by atoms with van der Waals surface area (Å²) in [5.41, 5.74) is 1.55. The molecule has 23 heavy (non-hydrogen) atoms. The zero-order chi connectivity index (χ0) is 17.0. The number of hydrogen-bond acceptors (Lipinski definition) is 5. The van der Waals surface area contributed by atoms with Crippen LogP contribution in [0.25, 0.3) is 11.1 Å². The van der Waals surface area contributed by atoms with Gasteiger partial charge in [-0.25, -0.2) is 9.18 Å². The molecular formula is C16H16FNO4S. The van der Waals surface area contributed by atoms with Crippen molar-refractivity contribution in [1.29, 1.82) is 0 Å². The van der Waals surface area contributed by atoms with E-state index in [0.717, 1.165) is 4.88 Å². The third kappa shape index (κ3) is 3.75. The second-order valence-corrected chi connectivity index (χ2v) is 5.94. The minimum absolute atomic E-state index is 0.122. The van der Waals surface area contributed by atoms with Gasteiger partial charge in [0.15, 0.2) is 0 Å². The van der Waals surface area contributed by atoms with Gasteiger partial charge in [-0.1, -0.05) is 12.1 Å². The van der Waals surface area contributed by atoms with Crippen molar-refractivity contribution >= 4 is 28.2 Å². The Kier molecular flexibility index (Phi) is 5.46. The molecule has 0 saturated carbocycles. The Bertz CT molecular complexity index is 724.